The third kappa shape index (κ3) is 4.30. The van der Waals surface area contributed by atoms with Crippen molar-refractivity contribution in [3.05, 3.63) is 33.3 Å². The van der Waals surface area contributed by atoms with Crippen LogP contribution in [0.15, 0.2) is 23.4 Å². The lowest BCUT2D eigenvalue weighted by atomic mass is 10.2. The first-order chi connectivity index (χ1) is 13.9. The summed E-state index contributed by atoms with van der Waals surface area (Å²) in [6.07, 6.45) is 2.14. The number of thioether (sulfide) groups is 1. The number of carbonyl (C=O) groups excluding carboxylic acids is 1. The third-order valence-electron chi connectivity index (χ3n) is 5.05. The van der Waals surface area contributed by atoms with Gasteiger partial charge in [0.15, 0.2) is 0 Å². The molecule has 2 heterocycles. The minimum Gasteiger partial charge on any atom is -0.362 e. The molecule has 1 amide bonds. The van der Waals surface area contributed by atoms with Crippen LogP contribution in [0.5, 0.6) is 0 Å². The van der Waals surface area contributed by atoms with E-state index in [1.54, 1.807) is 21.7 Å². The molecule has 2 aliphatic rings. The lowest BCUT2D eigenvalue weighted by Gasteiger charge is -2.36. The highest BCUT2D eigenvalue weighted by Crippen LogP contribution is 2.37. The molecule has 2 fully saturated rings. The minimum atomic E-state index is -0.429. The zero-order valence-electron chi connectivity index (χ0n) is 15.8. The Labute approximate surface area is 176 Å². The Morgan fingerprint density at radius 1 is 1.31 bits per heavy atom. The molecule has 0 N–H and O–H groups in total. The molecule has 1 saturated carbocycles. The van der Waals surface area contributed by atoms with E-state index >= 15 is 0 Å². The molecule has 4 rings (SSSR count). The molecule has 1 atom stereocenters. The summed E-state index contributed by atoms with van der Waals surface area (Å²) < 4.78 is 1.80. The van der Waals surface area contributed by atoms with E-state index in [-0.39, 0.29) is 16.8 Å². The van der Waals surface area contributed by atoms with Gasteiger partial charge in [0.1, 0.15) is 5.69 Å². The summed E-state index contributed by atoms with van der Waals surface area (Å²) in [5.74, 6) is 0.0191. The summed E-state index contributed by atoms with van der Waals surface area (Å²) in [5.41, 5.74) is 0.505. The number of hydrogen-bond acceptors (Lipinski definition) is 8. The predicted octanol–water partition coefficient (Wildman–Crippen LogP) is 2.40. The number of rotatable bonds is 6. The van der Waals surface area contributed by atoms with Crippen molar-refractivity contribution in [1.29, 1.82) is 0 Å². The normalized spacial score (nSPS) is 18.0. The number of halogens is 1. The zero-order valence-corrected chi connectivity index (χ0v) is 17.3. The number of anilines is 1. The second kappa shape index (κ2) is 8.15. The number of nitrogens with zero attached hydrogens (tertiary/aromatic N) is 7. The number of hydrogen-bond donors (Lipinski definition) is 0. The zero-order chi connectivity index (χ0) is 20.5. The third-order valence-corrected chi connectivity index (χ3v) is 6.32. The Morgan fingerprint density at radius 3 is 2.69 bits per heavy atom. The van der Waals surface area contributed by atoms with E-state index in [0.29, 0.717) is 48.1 Å². The summed E-state index contributed by atoms with van der Waals surface area (Å²) in [6.45, 7) is 3.89. The van der Waals surface area contributed by atoms with Crippen LogP contribution in [-0.2, 0) is 4.79 Å². The quantitative estimate of drug-likeness (QED) is 0.385. The van der Waals surface area contributed by atoms with Gasteiger partial charge in [0.25, 0.3) is 5.69 Å². The molecule has 2 aromatic rings. The number of carbonyl (C=O) groups is 1. The minimum absolute atomic E-state index is 0.0191. The lowest BCUT2D eigenvalue weighted by molar-refractivity contribution is -0.384. The van der Waals surface area contributed by atoms with Crippen LogP contribution in [0, 0.1) is 10.1 Å². The lowest BCUT2D eigenvalue weighted by Crippen LogP contribution is -2.50. The molecule has 12 heteroatoms. The van der Waals surface area contributed by atoms with Gasteiger partial charge in [0.05, 0.1) is 16.2 Å². The summed E-state index contributed by atoms with van der Waals surface area (Å²) in [5, 5.41) is 23.8. The van der Waals surface area contributed by atoms with Crippen LogP contribution in [-0.4, -0.2) is 67.4 Å². The van der Waals surface area contributed by atoms with Crippen LogP contribution in [0.3, 0.4) is 0 Å². The van der Waals surface area contributed by atoms with Crippen LogP contribution in [0.4, 0.5) is 11.4 Å². The smallest absolute Gasteiger partial charge is 0.294 e. The Hall–Kier alpha value is -2.40. The molecule has 1 aromatic heterocycles. The Kier molecular flexibility index (Phi) is 5.59. The van der Waals surface area contributed by atoms with Crippen molar-refractivity contribution in [3.63, 3.8) is 0 Å². The van der Waals surface area contributed by atoms with E-state index in [4.69, 9.17) is 11.6 Å². The number of tetrazole rings is 1. The number of nitro groups is 1. The van der Waals surface area contributed by atoms with Gasteiger partial charge in [0, 0.05) is 37.3 Å². The van der Waals surface area contributed by atoms with Crippen molar-refractivity contribution < 1.29 is 9.72 Å². The average molecular weight is 438 g/mol. The predicted molar refractivity (Wildman–Crippen MR) is 108 cm³/mol. The number of amides is 1. The highest BCUT2D eigenvalue weighted by Gasteiger charge is 2.32. The molecular weight excluding hydrogens is 418 g/mol. The van der Waals surface area contributed by atoms with Crippen LogP contribution in [0.2, 0.25) is 5.02 Å². The van der Waals surface area contributed by atoms with E-state index in [2.05, 4.69) is 15.5 Å². The molecule has 1 aliphatic heterocycles. The Morgan fingerprint density at radius 2 is 2.03 bits per heavy atom. The van der Waals surface area contributed by atoms with Gasteiger partial charge in [-0.3, -0.25) is 14.9 Å². The average Bonchev–Trinajstić information content (AvgIpc) is 3.46. The van der Waals surface area contributed by atoms with E-state index in [9.17, 15) is 14.9 Å². The van der Waals surface area contributed by atoms with Crippen LogP contribution >= 0.6 is 23.4 Å². The molecule has 154 valence electrons. The molecular formula is C17H20ClN7O3S. The largest absolute Gasteiger partial charge is 0.362 e. The van der Waals surface area contributed by atoms with Gasteiger partial charge in [-0.05, 0) is 42.3 Å². The Balaban J connectivity index is 1.37. The van der Waals surface area contributed by atoms with Crippen LogP contribution < -0.4 is 4.90 Å². The monoisotopic (exact) mass is 437 g/mol. The topological polar surface area (TPSA) is 110 Å². The van der Waals surface area contributed by atoms with E-state index < -0.39 is 4.92 Å². The molecule has 1 aromatic carbocycles. The van der Waals surface area contributed by atoms with Crippen molar-refractivity contribution in [2.75, 3.05) is 31.1 Å². The first-order valence-corrected chi connectivity index (χ1v) is 10.6. The fraction of sp³-hybridized carbons (Fsp3) is 0.529. The van der Waals surface area contributed by atoms with Crippen molar-refractivity contribution in [2.45, 2.75) is 36.2 Å². The van der Waals surface area contributed by atoms with Gasteiger partial charge >= 0.3 is 0 Å². The van der Waals surface area contributed by atoms with Crippen molar-refractivity contribution in [2.24, 2.45) is 0 Å². The van der Waals surface area contributed by atoms with E-state index in [0.717, 1.165) is 12.8 Å². The molecule has 0 bridgehead atoms. The molecule has 1 aliphatic carbocycles. The second-order valence-corrected chi connectivity index (χ2v) is 8.84. The number of nitro benzene ring substituents is 1. The second-order valence-electron chi connectivity index (χ2n) is 7.10. The summed E-state index contributed by atoms with van der Waals surface area (Å²) in [7, 11) is 0. The Bertz CT molecular complexity index is 928. The number of aromatic nitrogens is 4. The van der Waals surface area contributed by atoms with E-state index in [1.165, 1.54) is 17.8 Å². The van der Waals surface area contributed by atoms with E-state index in [1.807, 2.05) is 11.8 Å². The van der Waals surface area contributed by atoms with Gasteiger partial charge in [-0.15, -0.1) is 5.10 Å². The van der Waals surface area contributed by atoms with Gasteiger partial charge in [-0.25, -0.2) is 4.68 Å². The fourth-order valence-electron chi connectivity index (χ4n) is 3.35. The van der Waals surface area contributed by atoms with Crippen LogP contribution in [0.25, 0.3) is 0 Å². The maximum Gasteiger partial charge on any atom is 0.294 e. The van der Waals surface area contributed by atoms with Gasteiger partial charge in [0.2, 0.25) is 11.1 Å². The van der Waals surface area contributed by atoms with Gasteiger partial charge in [-0.2, -0.15) is 0 Å². The van der Waals surface area contributed by atoms with Crippen LogP contribution in [0.1, 0.15) is 25.8 Å². The fourth-order valence-corrected chi connectivity index (χ4v) is 4.46. The summed E-state index contributed by atoms with van der Waals surface area (Å²) in [6, 6.07) is 5.02. The van der Waals surface area contributed by atoms with Crippen molar-refractivity contribution >= 4 is 40.6 Å². The molecule has 0 radical (unpaired) electrons. The molecule has 10 nitrogen and oxygen atoms in total. The highest BCUT2D eigenvalue weighted by atomic mass is 35.5. The standard InChI is InChI=1S/C17H20ClN7O3S/c1-11(29-17-19-20-21-24(17)13-3-4-13)16(26)23-8-6-22(7-9-23)14-5-2-12(18)10-15(14)25(27)28/h2,5,10-11,13H,3-4,6-9H2,1H3. The molecule has 29 heavy (non-hydrogen) atoms. The molecule has 0 spiro atoms. The highest BCUT2D eigenvalue weighted by molar-refractivity contribution is 8.00. The first-order valence-electron chi connectivity index (χ1n) is 9.36. The van der Waals surface area contributed by atoms with Crippen molar-refractivity contribution in [3.8, 4) is 0 Å². The molecule has 1 saturated heterocycles. The van der Waals surface area contributed by atoms with Gasteiger partial charge < -0.3 is 9.80 Å². The van der Waals surface area contributed by atoms with Crippen molar-refractivity contribution in [1.82, 2.24) is 25.1 Å². The number of benzene rings is 1. The SMILES string of the molecule is CC(Sc1nnnn1C1CC1)C(=O)N1CCN(c2ccc(Cl)cc2[N+](=O)[O-])CC1. The number of piperazine rings is 1. The summed E-state index contributed by atoms with van der Waals surface area (Å²) >= 11 is 7.27. The summed E-state index contributed by atoms with van der Waals surface area (Å²) in [4.78, 5) is 27.5. The maximum absolute atomic E-state index is 12.9. The van der Waals surface area contributed by atoms with Gasteiger partial charge in [-0.1, -0.05) is 23.4 Å². The molecule has 1 unspecified atom stereocenters. The maximum atomic E-state index is 12.9. The first kappa shape index (κ1) is 19.9.